The fourth-order valence-corrected chi connectivity index (χ4v) is 2.17. The minimum Gasteiger partial charge on any atom is -0.494 e. The van der Waals surface area contributed by atoms with Crippen molar-refractivity contribution in [3.05, 3.63) is 65.5 Å². The highest BCUT2D eigenvalue weighted by Gasteiger charge is 2.09. The monoisotopic (exact) mass is 329 g/mol. The maximum absolute atomic E-state index is 12.8. The van der Waals surface area contributed by atoms with Gasteiger partial charge in [0, 0.05) is 24.9 Å². The first-order chi connectivity index (χ1) is 11.6. The Hall–Kier alpha value is -2.69. The van der Waals surface area contributed by atoms with E-state index in [0.29, 0.717) is 24.5 Å². The van der Waals surface area contributed by atoms with Gasteiger partial charge in [-0.05, 0) is 48.9 Å². The van der Waals surface area contributed by atoms with Gasteiger partial charge in [0.1, 0.15) is 11.6 Å². The van der Waals surface area contributed by atoms with E-state index in [2.05, 4.69) is 5.32 Å². The van der Waals surface area contributed by atoms with E-state index in [1.165, 1.54) is 12.1 Å². The Morgan fingerprint density at radius 3 is 2.29 bits per heavy atom. The van der Waals surface area contributed by atoms with Crippen molar-refractivity contribution >= 4 is 11.7 Å². The average Bonchev–Trinajstić information content (AvgIpc) is 2.60. The predicted molar refractivity (Wildman–Crippen MR) is 89.4 cm³/mol. The van der Waals surface area contributed by atoms with Gasteiger partial charge in [0.25, 0.3) is 0 Å². The maximum Gasteiger partial charge on any atom is 0.220 e. The molecule has 0 atom stereocenters. The molecule has 0 saturated carbocycles. The van der Waals surface area contributed by atoms with E-state index >= 15 is 0 Å². The molecule has 126 valence electrons. The van der Waals surface area contributed by atoms with E-state index < -0.39 is 0 Å². The van der Waals surface area contributed by atoms with Gasteiger partial charge in [-0.3, -0.25) is 9.59 Å². The highest BCUT2D eigenvalue weighted by Crippen LogP contribution is 2.14. The van der Waals surface area contributed by atoms with E-state index in [0.717, 1.165) is 5.56 Å². The fraction of sp³-hybridized carbons (Fsp3) is 0.263. The number of hydrogen-bond acceptors (Lipinski definition) is 3. The van der Waals surface area contributed by atoms with Crippen LogP contribution in [0.25, 0.3) is 0 Å². The number of nitrogens with one attached hydrogen (secondary N) is 1. The molecule has 0 unspecified atom stereocenters. The molecular weight excluding hydrogens is 309 g/mol. The van der Waals surface area contributed by atoms with Crippen molar-refractivity contribution in [1.29, 1.82) is 0 Å². The molecule has 2 aromatic carbocycles. The summed E-state index contributed by atoms with van der Waals surface area (Å²) < 4.78 is 18.1. The summed E-state index contributed by atoms with van der Waals surface area (Å²) in [6.45, 7) is 2.78. The molecule has 0 aliphatic heterocycles. The zero-order valence-corrected chi connectivity index (χ0v) is 13.5. The molecule has 2 aromatic rings. The first-order valence-corrected chi connectivity index (χ1v) is 7.85. The van der Waals surface area contributed by atoms with E-state index in [4.69, 9.17) is 4.74 Å². The second-order valence-electron chi connectivity index (χ2n) is 5.28. The molecule has 24 heavy (non-hydrogen) atoms. The zero-order valence-electron chi connectivity index (χ0n) is 13.5. The van der Waals surface area contributed by atoms with Crippen LogP contribution >= 0.6 is 0 Å². The van der Waals surface area contributed by atoms with Crippen LogP contribution in [0, 0.1) is 5.82 Å². The van der Waals surface area contributed by atoms with Crippen molar-refractivity contribution < 1.29 is 18.7 Å². The van der Waals surface area contributed by atoms with Gasteiger partial charge < -0.3 is 10.1 Å². The van der Waals surface area contributed by atoms with Crippen LogP contribution in [0.5, 0.6) is 5.75 Å². The quantitative estimate of drug-likeness (QED) is 0.754. The molecular formula is C19H20FNO3. The summed E-state index contributed by atoms with van der Waals surface area (Å²) in [7, 11) is 0. The Balaban J connectivity index is 1.76. The van der Waals surface area contributed by atoms with Crippen LogP contribution in [0.4, 0.5) is 4.39 Å². The second kappa shape index (κ2) is 8.82. The zero-order chi connectivity index (χ0) is 17.4. The van der Waals surface area contributed by atoms with Crippen molar-refractivity contribution in [3.63, 3.8) is 0 Å². The van der Waals surface area contributed by atoms with Crippen molar-refractivity contribution in [2.24, 2.45) is 0 Å². The van der Waals surface area contributed by atoms with E-state index in [1.54, 1.807) is 36.4 Å². The Morgan fingerprint density at radius 2 is 1.67 bits per heavy atom. The van der Waals surface area contributed by atoms with Gasteiger partial charge in [-0.1, -0.05) is 12.1 Å². The van der Waals surface area contributed by atoms with Crippen LogP contribution in [0.15, 0.2) is 48.5 Å². The second-order valence-corrected chi connectivity index (χ2v) is 5.28. The third-order valence-corrected chi connectivity index (χ3v) is 3.47. The van der Waals surface area contributed by atoms with Crippen LogP contribution in [0.1, 0.15) is 35.7 Å². The number of carbonyl (C=O) groups excluding carboxylic acids is 2. The van der Waals surface area contributed by atoms with Gasteiger partial charge >= 0.3 is 0 Å². The summed E-state index contributed by atoms with van der Waals surface area (Å²) in [6, 6.07) is 12.8. The lowest BCUT2D eigenvalue weighted by Crippen LogP contribution is -2.23. The molecule has 0 aliphatic carbocycles. The van der Waals surface area contributed by atoms with Crippen LogP contribution < -0.4 is 10.1 Å². The van der Waals surface area contributed by atoms with Gasteiger partial charge in [-0.25, -0.2) is 4.39 Å². The number of ether oxygens (including phenoxy) is 1. The molecule has 0 spiro atoms. The summed E-state index contributed by atoms with van der Waals surface area (Å²) in [5, 5.41) is 2.72. The topological polar surface area (TPSA) is 55.4 Å². The molecule has 0 saturated heterocycles. The number of benzene rings is 2. The smallest absolute Gasteiger partial charge is 0.220 e. The SMILES string of the molecule is CCOc1ccc(C(=O)CCC(=O)NCc2ccc(F)cc2)cc1. The average molecular weight is 329 g/mol. The summed E-state index contributed by atoms with van der Waals surface area (Å²) >= 11 is 0. The summed E-state index contributed by atoms with van der Waals surface area (Å²) in [5.74, 6) is 0.103. The van der Waals surface area contributed by atoms with Gasteiger partial charge in [0.2, 0.25) is 5.91 Å². The number of halogens is 1. The van der Waals surface area contributed by atoms with Crippen molar-refractivity contribution in [1.82, 2.24) is 5.32 Å². The highest BCUT2D eigenvalue weighted by molar-refractivity contribution is 5.98. The van der Waals surface area contributed by atoms with Crippen molar-refractivity contribution in [2.75, 3.05) is 6.61 Å². The molecule has 0 heterocycles. The summed E-state index contributed by atoms with van der Waals surface area (Å²) in [4.78, 5) is 23.9. The number of amides is 1. The van der Waals surface area contributed by atoms with Crippen LogP contribution in [0.3, 0.4) is 0 Å². The highest BCUT2D eigenvalue weighted by atomic mass is 19.1. The number of ketones is 1. The number of Topliss-reactive ketones (excluding diaryl/α,β-unsaturated/α-hetero) is 1. The molecule has 0 bridgehead atoms. The molecule has 0 aliphatic rings. The summed E-state index contributed by atoms with van der Waals surface area (Å²) in [6.07, 6.45) is 0.260. The molecule has 5 heteroatoms. The number of carbonyl (C=O) groups is 2. The third-order valence-electron chi connectivity index (χ3n) is 3.47. The lowest BCUT2D eigenvalue weighted by Gasteiger charge is -2.06. The first kappa shape index (κ1) is 17.7. The van der Waals surface area contributed by atoms with Crippen molar-refractivity contribution in [2.45, 2.75) is 26.3 Å². The lowest BCUT2D eigenvalue weighted by molar-refractivity contribution is -0.121. The molecule has 0 radical (unpaired) electrons. The summed E-state index contributed by atoms with van der Waals surface area (Å²) in [5.41, 5.74) is 1.37. The van der Waals surface area contributed by atoms with Crippen LogP contribution in [-0.4, -0.2) is 18.3 Å². The minimum absolute atomic E-state index is 0.0880. The molecule has 0 aromatic heterocycles. The molecule has 1 N–H and O–H groups in total. The van der Waals surface area contributed by atoms with Gasteiger partial charge in [0.15, 0.2) is 5.78 Å². The van der Waals surface area contributed by atoms with Gasteiger partial charge in [0.05, 0.1) is 6.61 Å². The Labute approximate surface area is 140 Å². The van der Waals surface area contributed by atoms with Crippen LogP contribution in [0.2, 0.25) is 0 Å². The normalized spacial score (nSPS) is 10.2. The Kier molecular flexibility index (Phi) is 6.49. The number of hydrogen-bond donors (Lipinski definition) is 1. The third kappa shape index (κ3) is 5.50. The van der Waals surface area contributed by atoms with Gasteiger partial charge in [-0.2, -0.15) is 0 Å². The molecule has 2 rings (SSSR count). The van der Waals surface area contributed by atoms with E-state index in [-0.39, 0.29) is 30.3 Å². The minimum atomic E-state index is -0.314. The molecule has 4 nitrogen and oxygen atoms in total. The Morgan fingerprint density at radius 1 is 1.00 bits per heavy atom. The van der Waals surface area contributed by atoms with Crippen LogP contribution in [-0.2, 0) is 11.3 Å². The Bertz CT molecular complexity index is 681. The largest absolute Gasteiger partial charge is 0.494 e. The molecule has 1 amide bonds. The fourth-order valence-electron chi connectivity index (χ4n) is 2.17. The van der Waals surface area contributed by atoms with E-state index in [9.17, 15) is 14.0 Å². The van der Waals surface area contributed by atoms with Crippen molar-refractivity contribution in [3.8, 4) is 5.75 Å². The standard InChI is InChI=1S/C19H20FNO3/c1-2-24-17-9-5-15(6-10-17)18(22)11-12-19(23)21-13-14-3-7-16(20)8-4-14/h3-10H,2,11-13H2,1H3,(H,21,23). The maximum atomic E-state index is 12.8. The number of rotatable bonds is 8. The van der Waals surface area contributed by atoms with E-state index in [1.807, 2.05) is 6.92 Å². The predicted octanol–water partition coefficient (Wildman–Crippen LogP) is 3.50. The van der Waals surface area contributed by atoms with Gasteiger partial charge in [-0.15, -0.1) is 0 Å². The lowest BCUT2D eigenvalue weighted by atomic mass is 10.1. The first-order valence-electron chi connectivity index (χ1n) is 7.85. The molecule has 0 fully saturated rings.